The molecule has 6 rings (SSSR count). The third-order valence-corrected chi connectivity index (χ3v) is 7.77. The molecule has 2 aromatic carbocycles. The molecule has 2 aromatic heterocycles. The molecule has 0 saturated carbocycles. The van der Waals surface area contributed by atoms with Crippen molar-refractivity contribution in [1.29, 1.82) is 0 Å². The first-order valence-corrected chi connectivity index (χ1v) is 13.5. The van der Waals surface area contributed by atoms with Crippen molar-refractivity contribution < 1.29 is 4.79 Å². The van der Waals surface area contributed by atoms with Gasteiger partial charge in [0.2, 0.25) is 5.91 Å². The summed E-state index contributed by atoms with van der Waals surface area (Å²) in [4.78, 5) is 20.3. The summed E-state index contributed by atoms with van der Waals surface area (Å²) >= 11 is 0. The van der Waals surface area contributed by atoms with E-state index in [1.54, 1.807) is 10.9 Å². The van der Waals surface area contributed by atoms with E-state index >= 15 is 0 Å². The molecule has 194 valence electrons. The summed E-state index contributed by atoms with van der Waals surface area (Å²) in [6.07, 6.45) is 5.27. The van der Waals surface area contributed by atoms with E-state index in [-0.39, 0.29) is 12.0 Å². The number of hydrogen-bond donors (Lipinski definition) is 0. The van der Waals surface area contributed by atoms with E-state index in [4.69, 9.17) is 0 Å². The van der Waals surface area contributed by atoms with E-state index in [2.05, 4.69) is 90.7 Å². The molecule has 38 heavy (non-hydrogen) atoms. The normalized spacial score (nSPS) is 17.2. The number of rotatable bonds is 6. The molecule has 0 unspecified atom stereocenters. The van der Waals surface area contributed by atoms with Crippen molar-refractivity contribution in [2.45, 2.75) is 18.9 Å². The van der Waals surface area contributed by atoms with Gasteiger partial charge in [-0.2, -0.15) is 5.10 Å². The summed E-state index contributed by atoms with van der Waals surface area (Å²) in [6.45, 7) is 4.92. The molecule has 1 amide bonds. The second-order valence-electron chi connectivity index (χ2n) is 10.0. The first-order chi connectivity index (χ1) is 18.8. The predicted molar refractivity (Wildman–Crippen MR) is 147 cm³/mol. The van der Waals surface area contributed by atoms with Gasteiger partial charge in [0.05, 0.1) is 6.04 Å². The van der Waals surface area contributed by atoms with Crippen LogP contribution in [0.5, 0.6) is 0 Å². The Morgan fingerprint density at radius 2 is 1.32 bits per heavy atom. The fourth-order valence-electron chi connectivity index (χ4n) is 5.71. The summed E-state index contributed by atoms with van der Waals surface area (Å²) in [6, 6.07) is 27.4. The average molecular weight is 508 g/mol. The maximum Gasteiger partial charge on any atom is 0.225 e. The van der Waals surface area contributed by atoms with Crippen LogP contribution in [0.1, 0.15) is 30.0 Å². The van der Waals surface area contributed by atoms with Crippen molar-refractivity contribution in [3.8, 4) is 5.82 Å². The standard InChI is InChI=1S/C30H33N7O/c38-30(26-14-18-34(19-15-26)27-12-13-28(33-32-27)37-17-7-16-31-37)36-22-20-35(21-23-36)29(24-8-3-1-4-9-24)25-10-5-2-6-11-25/h1-13,16-17,26,29H,14-15,18-23H2. The van der Waals surface area contributed by atoms with Gasteiger partial charge in [0.25, 0.3) is 0 Å². The van der Waals surface area contributed by atoms with Gasteiger partial charge in [-0.25, -0.2) is 4.68 Å². The molecule has 4 aromatic rings. The van der Waals surface area contributed by atoms with Crippen molar-refractivity contribution in [3.05, 3.63) is 102 Å². The zero-order chi connectivity index (χ0) is 25.7. The lowest BCUT2D eigenvalue weighted by Gasteiger charge is -2.41. The number of nitrogens with zero attached hydrogens (tertiary/aromatic N) is 7. The predicted octanol–water partition coefficient (Wildman–Crippen LogP) is 3.81. The number of piperazine rings is 1. The van der Waals surface area contributed by atoms with E-state index in [0.717, 1.165) is 57.9 Å². The molecule has 0 radical (unpaired) electrons. The van der Waals surface area contributed by atoms with Gasteiger partial charge in [0.1, 0.15) is 0 Å². The van der Waals surface area contributed by atoms with Gasteiger partial charge in [0.15, 0.2) is 11.6 Å². The van der Waals surface area contributed by atoms with Gasteiger partial charge in [-0.3, -0.25) is 9.69 Å². The van der Waals surface area contributed by atoms with E-state index in [0.29, 0.717) is 11.7 Å². The van der Waals surface area contributed by atoms with Gasteiger partial charge in [0, 0.05) is 57.6 Å². The molecule has 0 N–H and O–H groups in total. The molecule has 2 fully saturated rings. The zero-order valence-electron chi connectivity index (χ0n) is 21.5. The highest BCUT2D eigenvalue weighted by atomic mass is 16.2. The molecule has 2 aliphatic rings. The fourth-order valence-corrected chi connectivity index (χ4v) is 5.71. The van der Waals surface area contributed by atoms with Crippen molar-refractivity contribution >= 4 is 11.7 Å². The lowest BCUT2D eigenvalue weighted by molar-refractivity contribution is -0.138. The summed E-state index contributed by atoms with van der Waals surface area (Å²) < 4.78 is 1.70. The molecular weight excluding hydrogens is 474 g/mol. The van der Waals surface area contributed by atoms with Crippen LogP contribution in [0.25, 0.3) is 5.82 Å². The molecule has 2 aliphatic heterocycles. The van der Waals surface area contributed by atoms with Gasteiger partial charge >= 0.3 is 0 Å². The SMILES string of the molecule is O=C(C1CCN(c2ccc(-n3cccn3)nn2)CC1)N1CCN(C(c2ccccc2)c2ccccc2)CC1. The summed E-state index contributed by atoms with van der Waals surface area (Å²) in [7, 11) is 0. The largest absolute Gasteiger partial charge is 0.355 e. The monoisotopic (exact) mass is 507 g/mol. The Labute approximate surface area is 223 Å². The highest BCUT2D eigenvalue weighted by Gasteiger charge is 2.33. The Bertz CT molecular complexity index is 1260. The maximum absolute atomic E-state index is 13.4. The lowest BCUT2D eigenvalue weighted by Crippen LogP contribution is -2.52. The Morgan fingerprint density at radius 3 is 1.87 bits per heavy atom. The van der Waals surface area contributed by atoms with Crippen molar-refractivity contribution in [1.82, 2.24) is 29.8 Å². The van der Waals surface area contributed by atoms with E-state index < -0.39 is 0 Å². The topological polar surface area (TPSA) is 70.4 Å². The van der Waals surface area contributed by atoms with Crippen LogP contribution in [0, 0.1) is 5.92 Å². The van der Waals surface area contributed by atoms with Crippen molar-refractivity contribution in [2.24, 2.45) is 5.92 Å². The number of anilines is 1. The second kappa shape index (κ2) is 11.1. The molecule has 0 atom stereocenters. The molecule has 8 nitrogen and oxygen atoms in total. The molecule has 2 saturated heterocycles. The van der Waals surface area contributed by atoms with Crippen LogP contribution in [-0.4, -0.2) is 75.0 Å². The quantitative estimate of drug-likeness (QED) is 0.395. The number of benzene rings is 2. The van der Waals surface area contributed by atoms with Crippen LogP contribution in [0.3, 0.4) is 0 Å². The maximum atomic E-state index is 13.4. The number of hydrogen-bond acceptors (Lipinski definition) is 6. The minimum absolute atomic E-state index is 0.0770. The molecule has 4 heterocycles. The Kier molecular flexibility index (Phi) is 7.13. The highest BCUT2D eigenvalue weighted by Crippen LogP contribution is 2.30. The molecule has 0 aliphatic carbocycles. The Hall–Kier alpha value is -4.04. The second-order valence-corrected chi connectivity index (χ2v) is 10.0. The van der Waals surface area contributed by atoms with Gasteiger partial charge < -0.3 is 9.80 Å². The molecule has 0 spiro atoms. The van der Waals surface area contributed by atoms with Crippen molar-refractivity contribution in [3.63, 3.8) is 0 Å². The number of aromatic nitrogens is 4. The van der Waals surface area contributed by atoms with Gasteiger partial charge in [-0.05, 0) is 42.2 Å². The fraction of sp³-hybridized carbons (Fsp3) is 0.333. The van der Waals surface area contributed by atoms with Crippen LogP contribution in [0.4, 0.5) is 5.82 Å². The third-order valence-electron chi connectivity index (χ3n) is 7.77. The Balaban J connectivity index is 1.04. The smallest absolute Gasteiger partial charge is 0.225 e. The van der Waals surface area contributed by atoms with Gasteiger partial charge in [-0.15, -0.1) is 10.2 Å². The van der Waals surface area contributed by atoms with Gasteiger partial charge in [-0.1, -0.05) is 60.7 Å². The molecule has 8 heteroatoms. The number of carbonyl (C=O) groups excluding carboxylic acids is 1. The zero-order valence-corrected chi connectivity index (χ0v) is 21.5. The summed E-state index contributed by atoms with van der Waals surface area (Å²) in [5.74, 6) is 1.94. The van der Waals surface area contributed by atoms with Crippen LogP contribution in [0.15, 0.2) is 91.3 Å². The minimum Gasteiger partial charge on any atom is -0.355 e. The first kappa shape index (κ1) is 24.3. The minimum atomic E-state index is 0.0770. The number of piperidine rings is 1. The number of amides is 1. The van der Waals surface area contributed by atoms with E-state index in [1.807, 2.05) is 24.4 Å². The molecular formula is C30H33N7O. The van der Waals surface area contributed by atoms with Crippen LogP contribution in [-0.2, 0) is 4.79 Å². The van der Waals surface area contributed by atoms with Crippen LogP contribution >= 0.6 is 0 Å². The third kappa shape index (κ3) is 5.17. The van der Waals surface area contributed by atoms with Crippen LogP contribution < -0.4 is 4.90 Å². The van der Waals surface area contributed by atoms with E-state index in [9.17, 15) is 4.79 Å². The lowest BCUT2D eigenvalue weighted by atomic mass is 9.94. The Morgan fingerprint density at radius 1 is 0.711 bits per heavy atom. The average Bonchev–Trinajstić information content (AvgIpc) is 3.54. The first-order valence-electron chi connectivity index (χ1n) is 13.5. The van der Waals surface area contributed by atoms with E-state index in [1.165, 1.54) is 11.1 Å². The van der Waals surface area contributed by atoms with Crippen LogP contribution in [0.2, 0.25) is 0 Å². The number of carbonyl (C=O) groups is 1. The highest BCUT2D eigenvalue weighted by molar-refractivity contribution is 5.79. The molecule has 0 bridgehead atoms. The summed E-state index contributed by atoms with van der Waals surface area (Å²) in [5, 5.41) is 12.9. The summed E-state index contributed by atoms with van der Waals surface area (Å²) in [5.41, 5.74) is 2.60. The van der Waals surface area contributed by atoms with Crippen molar-refractivity contribution in [2.75, 3.05) is 44.2 Å².